The topological polar surface area (TPSA) is 84.0 Å². The summed E-state index contributed by atoms with van der Waals surface area (Å²) in [5.74, 6) is -1.28. The molecule has 0 aromatic carbocycles. The van der Waals surface area contributed by atoms with E-state index in [1.807, 2.05) is 12.2 Å². The van der Waals surface area contributed by atoms with E-state index in [1.54, 1.807) is 4.90 Å². The molecule has 3 fully saturated rings. The van der Waals surface area contributed by atoms with Gasteiger partial charge in [0.2, 0.25) is 17.7 Å². The molecule has 7 heteroatoms. The van der Waals surface area contributed by atoms with Crippen LogP contribution in [0.3, 0.4) is 0 Å². The van der Waals surface area contributed by atoms with Crippen LogP contribution in [0.15, 0.2) is 12.2 Å². The molecule has 2 aliphatic carbocycles. The van der Waals surface area contributed by atoms with Gasteiger partial charge in [-0.3, -0.25) is 24.1 Å². The van der Waals surface area contributed by atoms with Crippen molar-refractivity contribution in [2.24, 2.45) is 23.7 Å². The fraction of sp³-hybridized carbons (Fsp3) is 0.684. The highest BCUT2D eigenvalue weighted by Gasteiger charge is 2.59. The van der Waals surface area contributed by atoms with Crippen LogP contribution >= 0.6 is 0 Å². The largest absolute Gasteiger partial charge is 0.469 e. The van der Waals surface area contributed by atoms with Crippen molar-refractivity contribution in [2.75, 3.05) is 20.2 Å². The number of piperidine rings is 1. The molecule has 1 saturated carbocycles. The molecule has 3 amide bonds. The molecule has 2 heterocycles. The molecule has 4 rings (SSSR count). The van der Waals surface area contributed by atoms with Crippen molar-refractivity contribution in [3.63, 3.8) is 0 Å². The number of fused-ring (bicyclic) bond motifs is 5. The fourth-order valence-electron chi connectivity index (χ4n) is 5.16. The molecule has 7 nitrogen and oxygen atoms in total. The molecule has 0 aromatic heterocycles. The molecule has 5 atom stereocenters. The number of carbonyl (C=O) groups is 4. The number of hydrogen-bond acceptors (Lipinski definition) is 5. The number of rotatable bonds is 4. The summed E-state index contributed by atoms with van der Waals surface area (Å²) in [5, 5.41) is 0. The predicted octanol–water partition coefficient (Wildman–Crippen LogP) is 0.738. The normalized spacial score (nSPS) is 35.2. The van der Waals surface area contributed by atoms with Crippen LogP contribution in [-0.2, 0) is 23.9 Å². The number of carbonyl (C=O) groups excluding carboxylic acids is 4. The number of ether oxygens (including phenoxy) is 1. The minimum Gasteiger partial charge on any atom is -0.469 e. The van der Waals surface area contributed by atoms with Gasteiger partial charge in [-0.25, -0.2) is 0 Å². The van der Waals surface area contributed by atoms with Crippen LogP contribution in [0.1, 0.15) is 32.1 Å². The molecule has 0 spiro atoms. The lowest BCUT2D eigenvalue weighted by molar-refractivity contribution is -0.150. The first-order valence-corrected chi connectivity index (χ1v) is 9.41. The van der Waals surface area contributed by atoms with Crippen molar-refractivity contribution in [1.29, 1.82) is 0 Å². The number of amides is 3. The Balaban J connectivity index is 1.45. The Bertz CT molecular complexity index is 657. The average Bonchev–Trinajstić information content (AvgIpc) is 3.32. The van der Waals surface area contributed by atoms with Crippen molar-refractivity contribution < 1.29 is 23.9 Å². The lowest BCUT2D eigenvalue weighted by Crippen LogP contribution is -2.50. The van der Waals surface area contributed by atoms with Gasteiger partial charge in [-0.2, -0.15) is 0 Å². The average molecular weight is 360 g/mol. The van der Waals surface area contributed by atoms with Crippen LogP contribution in [0.5, 0.6) is 0 Å². The molecule has 4 aliphatic rings. The first kappa shape index (κ1) is 17.2. The Kier molecular flexibility index (Phi) is 4.32. The Hall–Kier alpha value is -2.18. The van der Waals surface area contributed by atoms with Gasteiger partial charge in [0.15, 0.2) is 0 Å². The molecule has 2 saturated heterocycles. The van der Waals surface area contributed by atoms with Gasteiger partial charge in [0.25, 0.3) is 0 Å². The first-order valence-electron chi connectivity index (χ1n) is 9.41. The summed E-state index contributed by atoms with van der Waals surface area (Å²) in [5.41, 5.74) is 0. The Labute approximate surface area is 152 Å². The second-order valence-electron chi connectivity index (χ2n) is 7.78. The van der Waals surface area contributed by atoms with E-state index in [4.69, 9.17) is 4.74 Å². The lowest BCUT2D eigenvalue weighted by Gasteiger charge is -2.36. The van der Waals surface area contributed by atoms with E-state index in [-0.39, 0.29) is 66.4 Å². The minimum absolute atomic E-state index is 0.142. The molecule has 0 aromatic rings. The monoisotopic (exact) mass is 360 g/mol. The Morgan fingerprint density at radius 2 is 1.77 bits per heavy atom. The van der Waals surface area contributed by atoms with Crippen LogP contribution in [-0.4, -0.2) is 59.7 Å². The third kappa shape index (κ3) is 2.64. The maximum Gasteiger partial charge on any atom is 0.307 e. The zero-order valence-electron chi connectivity index (χ0n) is 14.9. The van der Waals surface area contributed by atoms with Crippen LogP contribution in [0.2, 0.25) is 0 Å². The third-order valence-corrected chi connectivity index (χ3v) is 6.43. The molecule has 2 bridgehead atoms. The van der Waals surface area contributed by atoms with Crippen molar-refractivity contribution in [3.8, 4) is 0 Å². The second-order valence-corrected chi connectivity index (χ2v) is 7.78. The highest BCUT2D eigenvalue weighted by atomic mass is 16.5. The zero-order chi connectivity index (χ0) is 18.4. The predicted molar refractivity (Wildman–Crippen MR) is 90.4 cm³/mol. The lowest BCUT2D eigenvalue weighted by atomic mass is 9.85. The van der Waals surface area contributed by atoms with Crippen molar-refractivity contribution in [2.45, 2.75) is 38.1 Å². The molecular formula is C19H24N2O5. The van der Waals surface area contributed by atoms with Crippen LogP contribution in [0.25, 0.3) is 0 Å². The summed E-state index contributed by atoms with van der Waals surface area (Å²) in [6.07, 6.45) is 7.67. The summed E-state index contributed by atoms with van der Waals surface area (Å²) < 4.78 is 4.73. The maximum absolute atomic E-state index is 12.8. The van der Waals surface area contributed by atoms with Gasteiger partial charge in [0, 0.05) is 12.6 Å². The molecule has 0 unspecified atom stereocenters. The third-order valence-electron chi connectivity index (χ3n) is 6.43. The molecule has 140 valence electrons. The van der Waals surface area contributed by atoms with Crippen molar-refractivity contribution in [3.05, 3.63) is 12.2 Å². The zero-order valence-corrected chi connectivity index (χ0v) is 14.9. The van der Waals surface area contributed by atoms with Gasteiger partial charge in [-0.1, -0.05) is 12.2 Å². The molecule has 26 heavy (non-hydrogen) atoms. The van der Waals surface area contributed by atoms with E-state index in [9.17, 15) is 19.2 Å². The highest BCUT2D eigenvalue weighted by molar-refractivity contribution is 6.08. The summed E-state index contributed by atoms with van der Waals surface area (Å²) in [4.78, 5) is 52.7. The number of allylic oxidation sites excluding steroid dienone is 2. The van der Waals surface area contributed by atoms with Gasteiger partial charge in [0.1, 0.15) is 6.54 Å². The van der Waals surface area contributed by atoms with E-state index in [1.165, 1.54) is 7.11 Å². The van der Waals surface area contributed by atoms with Crippen molar-refractivity contribution >= 4 is 23.7 Å². The van der Waals surface area contributed by atoms with Gasteiger partial charge < -0.3 is 9.64 Å². The van der Waals surface area contributed by atoms with Crippen LogP contribution < -0.4 is 0 Å². The molecular weight excluding hydrogens is 336 g/mol. The standard InChI is InChI=1S/C19H24N2O5/c1-26-15(23)9-13-4-2-3-7-20(13)14(22)10-21-18(24)16-11-5-6-12(8-11)17(16)19(21)25/h5-6,11-13,16-17H,2-4,7-10H2,1H3/t11-,12+,13-,16+,17+/m1/s1. The van der Waals surface area contributed by atoms with Gasteiger partial charge >= 0.3 is 5.97 Å². The van der Waals surface area contributed by atoms with Crippen LogP contribution in [0.4, 0.5) is 0 Å². The number of esters is 1. The van der Waals surface area contributed by atoms with E-state index in [0.29, 0.717) is 6.54 Å². The quantitative estimate of drug-likeness (QED) is 0.419. The van der Waals surface area contributed by atoms with Gasteiger partial charge in [0.05, 0.1) is 25.4 Å². The van der Waals surface area contributed by atoms with Gasteiger partial charge in [-0.05, 0) is 37.5 Å². The van der Waals surface area contributed by atoms with Crippen molar-refractivity contribution in [1.82, 2.24) is 9.80 Å². The Morgan fingerprint density at radius 3 is 2.38 bits per heavy atom. The van der Waals surface area contributed by atoms with E-state index >= 15 is 0 Å². The molecule has 0 N–H and O–H groups in total. The Morgan fingerprint density at radius 1 is 1.12 bits per heavy atom. The highest BCUT2D eigenvalue weighted by Crippen LogP contribution is 2.52. The van der Waals surface area contributed by atoms with Crippen LogP contribution in [0, 0.1) is 23.7 Å². The van der Waals surface area contributed by atoms with E-state index in [0.717, 1.165) is 30.6 Å². The first-order chi connectivity index (χ1) is 12.5. The summed E-state index contributed by atoms with van der Waals surface area (Å²) in [6.45, 7) is 0.345. The summed E-state index contributed by atoms with van der Waals surface area (Å²) in [6, 6.07) is -0.214. The van der Waals surface area contributed by atoms with E-state index < -0.39 is 0 Å². The fourth-order valence-corrected chi connectivity index (χ4v) is 5.16. The molecule has 0 radical (unpaired) electrons. The number of nitrogens with zero attached hydrogens (tertiary/aromatic N) is 2. The maximum atomic E-state index is 12.8. The number of likely N-dealkylation sites (tertiary alicyclic amines) is 2. The minimum atomic E-state index is -0.347. The second kappa shape index (κ2) is 6.52. The number of methoxy groups -OCH3 is 1. The molecule has 2 aliphatic heterocycles. The summed E-state index contributed by atoms with van der Waals surface area (Å²) in [7, 11) is 1.33. The summed E-state index contributed by atoms with van der Waals surface area (Å²) >= 11 is 0. The van der Waals surface area contributed by atoms with Gasteiger partial charge in [-0.15, -0.1) is 0 Å². The number of imide groups is 1. The smallest absolute Gasteiger partial charge is 0.307 e. The number of hydrogen-bond donors (Lipinski definition) is 0. The SMILES string of the molecule is COC(=O)C[C@H]1CCCCN1C(=O)CN1C(=O)[C@@H]2[C@@H](C1=O)[C@H]1C=C[C@@H]2C1. The van der Waals surface area contributed by atoms with E-state index in [2.05, 4.69) is 0 Å².